The van der Waals surface area contributed by atoms with Crippen LogP contribution in [0.15, 0.2) is 18.2 Å². The predicted molar refractivity (Wildman–Crippen MR) is 94.7 cm³/mol. The van der Waals surface area contributed by atoms with E-state index in [4.69, 9.17) is 11.6 Å². The molecule has 0 bridgehead atoms. The van der Waals surface area contributed by atoms with E-state index >= 15 is 0 Å². The first-order valence-electron chi connectivity index (χ1n) is 8.60. The van der Waals surface area contributed by atoms with Crippen molar-refractivity contribution in [2.75, 3.05) is 38.0 Å². The topological polar surface area (TPSA) is 56.4 Å². The van der Waals surface area contributed by atoms with Crippen molar-refractivity contribution in [2.24, 2.45) is 0 Å². The van der Waals surface area contributed by atoms with Crippen LogP contribution in [0.4, 0.5) is 14.5 Å². The van der Waals surface area contributed by atoms with Gasteiger partial charge in [-0.2, -0.15) is 0 Å². The summed E-state index contributed by atoms with van der Waals surface area (Å²) < 4.78 is 24.3. The minimum atomic E-state index is -2.58. The van der Waals surface area contributed by atoms with Crippen LogP contribution in [0.25, 0.3) is 0 Å². The van der Waals surface area contributed by atoms with E-state index < -0.39 is 18.9 Å². The summed E-state index contributed by atoms with van der Waals surface area (Å²) in [4.78, 5) is 14.3. The molecular formula is C17H23ClF2N4O. The van der Waals surface area contributed by atoms with E-state index in [0.29, 0.717) is 12.1 Å². The average molecular weight is 373 g/mol. The SMILES string of the molecule is O=C(NCC(F)F)c1ccc(NC2CN(C3CCNCC3)C2)cc1Cl. The van der Waals surface area contributed by atoms with Gasteiger partial charge < -0.3 is 16.0 Å². The molecule has 138 valence electrons. The van der Waals surface area contributed by atoms with E-state index in [-0.39, 0.29) is 10.6 Å². The average Bonchev–Trinajstić information content (AvgIpc) is 2.56. The third-order valence-corrected chi connectivity index (χ3v) is 5.05. The van der Waals surface area contributed by atoms with Crippen LogP contribution in [-0.2, 0) is 0 Å². The van der Waals surface area contributed by atoms with E-state index in [1.807, 2.05) is 0 Å². The van der Waals surface area contributed by atoms with Crippen molar-refractivity contribution in [2.45, 2.75) is 31.4 Å². The van der Waals surface area contributed by atoms with Crippen molar-refractivity contribution < 1.29 is 13.6 Å². The van der Waals surface area contributed by atoms with E-state index in [1.54, 1.807) is 18.2 Å². The van der Waals surface area contributed by atoms with Crippen molar-refractivity contribution in [3.05, 3.63) is 28.8 Å². The summed E-state index contributed by atoms with van der Waals surface area (Å²) in [5.41, 5.74) is 1.04. The third-order valence-electron chi connectivity index (χ3n) is 4.74. The molecule has 0 spiro atoms. The van der Waals surface area contributed by atoms with Gasteiger partial charge in [-0.05, 0) is 44.1 Å². The fraction of sp³-hybridized carbons (Fsp3) is 0.588. The fourth-order valence-electron chi connectivity index (χ4n) is 3.36. The molecule has 2 aliphatic heterocycles. The highest BCUT2D eigenvalue weighted by Crippen LogP contribution is 2.25. The summed E-state index contributed by atoms with van der Waals surface area (Å²) in [5.74, 6) is -0.586. The van der Waals surface area contributed by atoms with Gasteiger partial charge in [0.05, 0.1) is 23.2 Å². The number of alkyl halides is 2. The first-order chi connectivity index (χ1) is 12.0. The Kier molecular flexibility index (Phi) is 6.09. The molecule has 3 N–H and O–H groups in total. The van der Waals surface area contributed by atoms with Gasteiger partial charge >= 0.3 is 0 Å². The lowest BCUT2D eigenvalue weighted by Crippen LogP contribution is -2.60. The summed E-state index contributed by atoms with van der Waals surface area (Å²) >= 11 is 6.13. The highest BCUT2D eigenvalue weighted by atomic mass is 35.5. The van der Waals surface area contributed by atoms with Crippen LogP contribution in [0.1, 0.15) is 23.2 Å². The van der Waals surface area contributed by atoms with Crippen molar-refractivity contribution in [3.8, 4) is 0 Å². The van der Waals surface area contributed by atoms with Crippen LogP contribution >= 0.6 is 11.6 Å². The lowest BCUT2D eigenvalue weighted by atomic mass is 9.98. The van der Waals surface area contributed by atoms with E-state index in [9.17, 15) is 13.6 Å². The standard InChI is InChI=1S/C17H23ClF2N4O/c18-15-7-11(1-2-14(15)17(25)22-8-16(19)20)23-12-9-24(10-12)13-3-5-21-6-4-13/h1-2,7,12-13,16,21,23H,3-6,8-10H2,(H,22,25). The minimum absolute atomic E-state index is 0.206. The second-order valence-corrected chi connectivity index (χ2v) is 6.98. The molecule has 0 radical (unpaired) electrons. The molecule has 8 heteroatoms. The van der Waals surface area contributed by atoms with Crippen LogP contribution in [0.2, 0.25) is 5.02 Å². The highest BCUT2D eigenvalue weighted by Gasteiger charge is 2.32. The Morgan fingerprint density at radius 2 is 2.04 bits per heavy atom. The molecule has 2 saturated heterocycles. The molecule has 0 saturated carbocycles. The Labute approximate surface area is 151 Å². The first-order valence-corrected chi connectivity index (χ1v) is 8.98. The highest BCUT2D eigenvalue weighted by molar-refractivity contribution is 6.34. The van der Waals surface area contributed by atoms with Crippen LogP contribution in [-0.4, -0.2) is 62.0 Å². The number of rotatable bonds is 6. The van der Waals surface area contributed by atoms with Crippen LogP contribution in [0, 0.1) is 0 Å². The summed E-state index contributed by atoms with van der Waals surface area (Å²) in [5, 5.41) is 9.20. The molecule has 0 atom stereocenters. The number of piperidine rings is 1. The maximum absolute atomic E-state index is 12.2. The zero-order valence-electron chi connectivity index (χ0n) is 13.9. The molecule has 0 aliphatic carbocycles. The number of nitrogens with one attached hydrogen (secondary N) is 3. The summed E-state index contributed by atoms with van der Waals surface area (Å²) in [7, 11) is 0. The van der Waals surface area contributed by atoms with E-state index in [0.717, 1.165) is 31.9 Å². The molecular weight excluding hydrogens is 350 g/mol. The number of hydrogen-bond donors (Lipinski definition) is 3. The monoisotopic (exact) mass is 372 g/mol. The van der Waals surface area contributed by atoms with Crippen molar-refractivity contribution in [1.82, 2.24) is 15.5 Å². The molecule has 1 aromatic rings. The molecule has 2 heterocycles. The minimum Gasteiger partial charge on any atom is -0.380 e. The quantitative estimate of drug-likeness (QED) is 0.716. The number of nitrogens with zero attached hydrogens (tertiary/aromatic N) is 1. The van der Waals surface area contributed by atoms with Crippen molar-refractivity contribution >= 4 is 23.2 Å². The molecule has 25 heavy (non-hydrogen) atoms. The number of likely N-dealkylation sites (tertiary alicyclic amines) is 1. The van der Waals surface area contributed by atoms with Crippen molar-refractivity contribution in [1.29, 1.82) is 0 Å². The van der Waals surface area contributed by atoms with Gasteiger partial charge in [0.15, 0.2) is 0 Å². The molecule has 3 rings (SSSR count). The number of hydrogen-bond acceptors (Lipinski definition) is 4. The number of amides is 1. The predicted octanol–water partition coefficient (Wildman–Crippen LogP) is 2.18. The van der Waals surface area contributed by atoms with Crippen LogP contribution in [0.5, 0.6) is 0 Å². The van der Waals surface area contributed by atoms with Gasteiger partial charge in [-0.15, -0.1) is 0 Å². The number of halogens is 3. The summed E-state index contributed by atoms with van der Waals surface area (Å²) in [6.45, 7) is 3.50. The van der Waals surface area contributed by atoms with Gasteiger partial charge in [-0.1, -0.05) is 11.6 Å². The van der Waals surface area contributed by atoms with Crippen LogP contribution in [0.3, 0.4) is 0 Å². The molecule has 2 aliphatic rings. The number of carbonyl (C=O) groups excluding carboxylic acids is 1. The molecule has 0 aromatic heterocycles. The molecule has 2 fully saturated rings. The Morgan fingerprint density at radius 3 is 2.68 bits per heavy atom. The maximum atomic E-state index is 12.2. The Balaban J connectivity index is 1.49. The van der Waals surface area contributed by atoms with Gasteiger partial charge in [-0.3, -0.25) is 9.69 Å². The second kappa shape index (κ2) is 8.29. The number of carbonyl (C=O) groups is 1. The van der Waals surface area contributed by atoms with E-state index in [2.05, 4.69) is 20.9 Å². The molecule has 1 aromatic carbocycles. The van der Waals surface area contributed by atoms with Gasteiger partial charge in [-0.25, -0.2) is 8.78 Å². The number of benzene rings is 1. The largest absolute Gasteiger partial charge is 0.380 e. The molecule has 0 unspecified atom stereocenters. The second-order valence-electron chi connectivity index (χ2n) is 6.57. The summed E-state index contributed by atoms with van der Waals surface area (Å²) in [6, 6.07) is 6.03. The molecule has 5 nitrogen and oxygen atoms in total. The zero-order valence-corrected chi connectivity index (χ0v) is 14.7. The maximum Gasteiger partial charge on any atom is 0.255 e. The van der Waals surface area contributed by atoms with Gasteiger partial charge in [0.1, 0.15) is 0 Å². The first kappa shape index (κ1) is 18.4. The Bertz CT molecular complexity index is 604. The van der Waals surface area contributed by atoms with E-state index in [1.165, 1.54) is 12.8 Å². The Morgan fingerprint density at radius 1 is 1.32 bits per heavy atom. The molecule has 1 amide bonds. The zero-order chi connectivity index (χ0) is 17.8. The smallest absolute Gasteiger partial charge is 0.255 e. The normalized spacial score (nSPS) is 19.7. The van der Waals surface area contributed by atoms with Gasteiger partial charge in [0.25, 0.3) is 12.3 Å². The fourth-order valence-corrected chi connectivity index (χ4v) is 3.63. The number of anilines is 1. The third kappa shape index (κ3) is 4.80. The van der Waals surface area contributed by atoms with Gasteiger partial charge in [0.2, 0.25) is 0 Å². The Hall–Kier alpha value is -1.44. The van der Waals surface area contributed by atoms with Crippen molar-refractivity contribution in [3.63, 3.8) is 0 Å². The lowest BCUT2D eigenvalue weighted by Gasteiger charge is -2.46. The lowest BCUT2D eigenvalue weighted by molar-refractivity contribution is 0.0829. The van der Waals surface area contributed by atoms with Gasteiger partial charge in [0, 0.05) is 24.8 Å². The summed E-state index contributed by atoms with van der Waals surface area (Å²) in [6.07, 6.45) is -0.188. The van der Waals surface area contributed by atoms with Crippen LogP contribution < -0.4 is 16.0 Å².